The van der Waals surface area contributed by atoms with Crippen molar-refractivity contribution in [2.45, 2.75) is 115 Å². The van der Waals surface area contributed by atoms with Crippen molar-refractivity contribution in [2.75, 3.05) is 46.4 Å². The first-order valence-electron chi connectivity index (χ1n) is 15.4. The molecule has 5 heteroatoms. The van der Waals surface area contributed by atoms with E-state index in [2.05, 4.69) is 48.9 Å². The van der Waals surface area contributed by atoms with E-state index in [0.717, 1.165) is 57.5 Å². The zero-order valence-corrected chi connectivity index (χ0v) is 24.1. The molecule has 3 unspecified atom stereocenters. The third-order valence-corrected chi connectivity index (χ3v) is 8.40. The molecule has 210 valence electrons. The standard InChI is InChI=1S/C21H29NO3.C11H25N/c23-10-9-22-15-18(16-4-7-21-17(13-16)8-12-25-21)14-19(22)5-6-20-3-1-2-11-24-20;1-4-6-8-9-11-12(3)10-7-5-2/h4,7,10,13,18-20H,1-3,5-6,8-9,11-12,14-15H2;4-11H2,1-3H3. The highest BCUT2D eigenvalue weighted by molar-refractivity contribution is 5.52. The van der Waals surface area contributed by atoms with E-state index in [-0.39, 0.29) is 0 Å². The second kappa shape index (κ2) is 17.2. The first-order chi connectivity index (χ1) is 18.1. The number of unbranched alkanes of at least 4 members (excludes halogenated alkanes) is 4. The molecule has 0 bridgehead atoms. The van der Waals surface area contributed by atoms with Gasteiger partial charge in [-0.2, -0.15) is 0 Å². The molecule has 2 saturated heterocycles. The predicted octanol–water partition coefficient (Wildman–Crippen LogP) is 6.63. The summed E-state index contributed by atoms with van der Waals surface area (Å²) in [4.78, 5) is 16.0. The third kappa shape index (κ3) is 10.3. The van der Waals surface area contributed by atoms with E-state index in [1.807, 2.05) is 0 Å². The quantitative estimate of drug-likeness (QED) is 0.206. The summed E-state index contributed by atoms with van der Waals surface area (Å²) in [6, 6.07) is 7.19. The molecule has 5 nitrogen and oxygen atoms in total. The van der Waals surface area contributed by atoms with Crippen LogP contribution in [0.1, 0.15) is 108 Å². The molecule has 3 aliphatic heterocycles. The molecule has 0 aromatic heterocycles. The highest BCUT2D eigenvalue weighted by Crippen LogP contribution is 2.37. The average Bonchev–Trinajstić information content (AvgIpc) is 3.56. The summed E-state index contributed by atoms with van der Waals surface area (Å²) in [5, 5.41) is 0. The van der Waals surface area contributed by atoms with Gasteiger partial charge >= 0.3 is 0 Å². The first-order valence-corrected chi connectivity index (χ1v) is 15.4. The van der Waals surface area contributed by atoms with Gasteiger partial charge in [0.15, 0.2) is 0 Å². The molecule has 2 fully saturated rings. The van der Waals surface area contributed by atoms with Crippen molar-refractivity contribution >= 4 is 6.29 Å². The molecular formula is C32H54N2O3. The number of ether oxygens (including phenoxy) is 2. The van der Waals surface area contributed by atoms with Gasteiger partial charge in [0.25, 0.3) is 0 Å². The summed E-state index contributed by atoms with van der Waals surface area (Å²) >= 11 is 0. The molecule has 3 heterocycles. The van der Waals surface area contributed by atoms with E-state index in [1.165, 1.54) is 82.0 Å². The lowest BCUT2D eigenvalue weighted by Crippen LogP contribution is -2.32. The zero-order valence-electron chi connectivity index (χ0n) is 24.1. The van der Waals surface area contributed by atoms with Crippen LogP contribution in [0.15, 0.2) is 18.2 Å². The fraction of sp³-hybridized carbons (Fsp3) is 0.781. The fourth-order valence-electron chi connectivity index (χ4n) is 6.07. The molecule has 3 aliphatic rings. The number of carbonyl (C=O) groups excluding carboxylic acids is 1. The van der Waals surface area contributed by atoms with Crippen molar-refractivity contribution in [3.8, 4) is 5.75 Å². The molecule has 1 aromatic carbocycles. The van der Waals surface area contributed by atoms with Crippen molar-refractivity contribution in [2.24, 2.45) is 0 Å². The largest absolute Gasteiger partial charge is 0.493 e. The third-order valence-electron chi connectivity index (χ3n) is 8.40. The number of carbonyl (C=O) groups is 1. The Morgan fingerprint density at radius 1 is 1.03 bits per heavy atom. The van der Waals surface area contributed by atoms with Crippen LogP contribution in [0.5, 0.6) is 5.75 Å². The van der Waals surface area contributed by atoms with Crippen molar-refractivity contribution in [1.82, 2.24) is 9.80 Å². The van der Waals surface area contributed by atoms with Gasteiger partial charge in [-0.15, -0.1) is 0 Å². The van der Waals surface area contributed by atoms with Crippen LogP contribution < -0.4 is 4.74 Å². The lowest BCUT2D eigenvalue weighted by Gasteiger charge is -2.26. The summed E-state index contributed by atoms with van der Waals surface area (Å²) in [5.41, 5.74) is 2.76. The molecule has 1 aromatic rings. The minimum atomic E-state index is 0.433. The van der Waals surface area contributed by atoms with Crippen LogP contribution in [0.4, 0.5) is 0 Å². The molecule has 0 saturated carbocycles. The molecular weight excluding hydrogens is 460 g/mol. The minimum Gasteiger partial charge on any atom is -0.493 e. The number of fused-ring (bicyclic) bond motifs is 1. The Morgan fingerprint density at radius 3 is 2.62 bits per heavy atom. The van der Waals surface area contributed by atoms with Crippen LogP contribution in [0.25, 0.3) is 0 Å². The first kappa shape index (κ1) is 30.1. The Hall–Kier alpha value is -1.43. The maximum Gasteiger partial charge on any atom is 0.133 e. The van der Waals surface area contributed by atoms with Gasteiger partial charge in [-0.1, -0.05) is 51.7 Å². The Kier molecular flexibility index (Phi) is 14.0. The molecule has 0 spiro atoms. The molecule has 0 amide bonds. The maximum atomic E-state index is 11.1. The van der Waals surface area contributed by atoms with Crippen LogP contribution >= 0.6 is 0 Å². The van der Waals surface area contributed by atoms with E-state index in [9.17, 15) is 4.79 Å². The zero-order chi connectivity index (χ0) is 26.3. The summed E-state index contributed by atoms with van der Waals surface area (Å²) < 4.78 is 11.5. The monoisotopic (exact) mass is 514 g/mol. The van der Waals surface area contributed by atoms with Crippen LogP contribution in [-0.4, -0.2) is 74.7 Å². The summed E-state index contributed by atoms with van der Waals surface area (Å²) in [6.45, 7) is 10.4. The number of aldehydes is 1. The van der Waals surface area contributed by atoms with Gasteiger partial charge in [0.2, 0.25) is 0 Å². The Morgan fingerprint density at radius 2 is 1.86 bits per heavy atom. The number of hydrogen-bond acceptors (Lipinski definition) is 5. The van der Waals surface area contributed by atoms with Crippen molar-refractivity contribution in [1.29, 1.82) is 0 Å². The van der Waals surface area contributed by atoms with E-state index in [4.69, 9.17) is 9.47 Å². The Labute approximate surface area is 227 Å². The SMILES string of the molecule is CCCCCCN(C)CCCC.O=CCN1CC(c2ccc3c(c2)CCO3)CC1CCC1CCCCO1. The predicted molar refractivity (Wildman–Crippen MR) is 154 cm³/mol. The smallest absolute Gasteiger partial charge is 0.133 e. The van der Waals surface area contributed by atoms with Gasteiger partial charge in [0.05, 0.1) is 19.3 Å². The minimum absolute atomic E-state index is 0.433. The van der Waals surface area contributed by atoms with Crippen molar-refractivity contribution in [3.63, 3.8) is 0 Å². The number of likely N-dealkylation sites (tertiary alicyclic amines) is 1. The second-order valence-corrected chi connectivity index (χ2v) is 11.5. The van der Waals surface area contributed by atoms with Crippen LogP contribution in [0.2, 0.25) is 0 Å². The van der Waals surface area contributed by atoms with E-state index in [0.29, 0.717) is 24.6 Å². The lowest BCUT2D eigenvalue weighted by molar-refractivity contribution is -0.109. The van der Waals surface area contributed by atoms with Crippen molar-refractivity contribution < 1.29 is 14.3 Å². The van der Waals surface area contributed by atoms with Crippen LogP contribution in [0, 0.1) is 0 Å². The van der Waals surface area contributed by atoms with Gasteiger partial charge in [-0.05, 0) is 94.6 Å². The van der Waals surface area contributed by atoms with Gasteiger partial charge in [0, 0.05) is 25.6 Å². The van der Waals surface area contributed by atoms with Crippen LogP contribution in [-0.2, 0) is 16.0 Å². The van der Waals surface area contributed by atoms with Crippen LogP contribution in [0.3, 0.4) is 0 Å². The second-order valence-electron chi connectivity index (χ2n) is 11.5. The number of nitrogens with zero attached hydrogens (tertiary/aromatic N) is 2. The highest BCUT2D eigenvalue weighted by atomic mass is 16.5. The van der Waals surface area contributed by atoms with Gasteiger partial charge in [-0.25, -0.2) is 0 Å². The van der Waals surface area contributed by atoms with E-state index in [1.54, 1.807) is 0 Å². The summed E-state index contributed by atoms with van der Waals surface area (Å²) in [5.74, 6) is 1.58. The summed E-state index contributed by atoms with van der Waals surface area (Å²) in [7, 11) is 2.24. The van der Waals surface area contributed by atoms with Gasteiger partial charge in [-0.3, -0.25) is 4.90 Å². The molecule has 0 aliphatic carbocycles. The van der Waals surface area contributed by atoms with E-state index < -0.39 is 0 Å². The van der Waals surface area contributed by atoms with E-state index >= 15 is 0 Å². The maximum absolute atomic E-state index is 11.1. The highest BCUT2D eigenvalue weighted by Gasteiger charge is 2.33. The number of rotatable bonds is 14. The summed E-state index contributed by atoms with van der Waals surface area (Å²) in [6.07, 6.45) is 17.9. The average molecular weight is 515 g/mol. The normalized spacial score (nSPS) is 23.4. The van der Waals surface area contributed by atoms with Gasteiger partial charge in [0.1, 0.15) is 12.0 Å². The molecule has 3 atom stereocenters. The Bertz CT molecular complexity index is 764. The molecule has 37 heavy (non-hydrogen) atoms. The number of benzene rings is 1. The topological polar surface area (TPSA) is 42.0 Å². The molecule has 0 N–H and O–H groups in total. The lowest BCUT2D eigenvalue weighted by atomic mass is 9.92. The fourth-order valence-corrected chi connectivity index (χ4v) is 6.07. The van der Waals surface area contributed by atoms with Crippen molar-refractivity contribution in [3.05, 3.63) is 29.3 Å². The van der Waals surface area contributed by atoms with Gasteiger partial charge < -0.3 is 19.2 Å². The Balaban J connectivity index is 0.000000270. The molecule has 0 radical (unpaired) electrons. The molecule has 4 rings (SSSR count). The number of hydrogen-bond donors (Lipinski definition) is 0.